The van der Waals surface area contributed by atoms with Gasteiger partial charge in [0.15, 0.2) is 0 Å². The summed E-state index contributed by atoms with van der Waals surface area (Å²) in [5, 5.41) is 3.80. The molecule has 0 aromatic heterocycles. The minimum absolute atomic E-state index is 0.0853. The summed E-state index contributed by atoms with van der Waals surface area (Å²) in [4.78, 5) is 27.4. The Morgan fingerprint density at radius 2 is 1.53 bits per heavy atom. The molecular formula is C21H17F4N3O2. The Labute approximate surface area is 169 Å². The SMILES string of the molecule is O=C1[C@H]2[C@@H](c3ccc(F)cc3)N3CCCN3[C@H]2C(=O)N1c1cccc(C(F)(F)F)c1. The van der Waals surface area contributed by atoms with Crippen LogP contribution in [0.25, 0.3) is 0 Å². The van der Waals surface area contributed by atoms with Crippen LogP contribution in [0.1, 0.15) is 23.6 Å². The standard InChI is InChI=1S/C21H17F4N3O2/c22-14-7-5-12(6-8-14)17-16-18(27-10-2-9-26(17)27)20(30)28(19(16)29)15-4-1-3-13(11-15)21(23,24)25/h1,3-8,11,16-18H,2,9-10H2/t16-,17+,18+/m0/s1. The summed E-state index contributed by atoms with van der Waals surface area (Å²) in [7, 11) is 0. The van der Waals surface area contributed by atoms with Gasteiger partial charge in [0.1, 0.15) is 11.9 Å². The molecule has 2 amide bonds. The Hall–Kier alpha value is -2.78. The monoisotopic (exact) mass is 419 g/mol. The van der Waals surface area contributed by atoms with E-state index >= 15 is 0 Å². The highest BCUT2D eigenvalue weighted by atomic mass is 19.4. The Morgan fingerprint density at radius 1 is 0.867 bits per heavy atom. The maximum absolute atomic E-state index is 13.4. The van der Waals surface area contributed by atoms with E-state index in [1.165, 1.54) is 24.3 Å². The van der Waals surface area contributed by atoms with Crippen LogP contribution >= 0.6 is 0 Å². The number of imide groups is 1. The van der Waals surface area contributed by atoms with Crippen molar-refractivity contribution in [2.45, 2.75) is 24.7 Å². The molecule has 0 unspecified atom stereocenters. The first-order valence-electron chi connectivity index (χ1n) is 9.61. The van der Waals surface area contributed by atoms with Crippen molar-refractivity contribution >= 4 is 17.5 Å². The molecule has 0 bridgehead atoms. The number of hydrogen-bond acceptors (Lipinski definition) is 4. The quantitative estimate of drug-likeness (QED) is 0.553. The van der Waals surface area contributed by atoms with Gasteiger partial charge in [-0.2, -0.15) is 13.2 Å². The van der Waals surface area contributed by atoms with Gasteiger partial charge in [-0.15, -0.1) is 0 Å². The molecule has 3 heterocycles. The number of alkyl halides is 3. The van der Waals surface area contributed by atoms with Crippen LogP contribution in [0.4, 0.5) is 23.2 Å². The molecule has 5 rings (SSSR count). The van der Waals surface area contributed by atoms with Gasteiger partial charge < -0.3 is 0 Å². The van der Waals surface area contributed by atoms with Crippen molar-refractivity contribution in [2.24, 2.45) is 5.92 Å². The van der Waals surface area contributed by atoms with E-state index in [1.54, 1.807) is 12.1 Å². The van der Waals surface area contributed by atoms with E-state index in [9.17, 15) is 27.2 Å². The molecule has 0 N–H and O–H groups in total. The normalized spacial score (nSPS) is 27.1. The van der Waals surface area contributed by atoms with Crippen LogP contribution in [0.15, 0.2) is 48.5 Å². The van der Waals surface area contributed by atoms with Crippen LogP contribution in [-0.4, -0.2) is 41.0 Å². The van der Waals surface area contributed by atoms with Gasteiger partial charge in [0, 0.05) is 13.1 Å². The summed E-state index contributed by atoms with van der Waals surface area (Å²) in [5.41, 5.74) is -0.309. The highest BCUT2D eigenvalue weighted by Gasteiger charge is 2.62. The number of amides is 2. The van der Waals surface area contributed by atoms with E-state index in [-0.39, 0.29) is 5.69 Å². The number of nitrogens with zero attached hydrogens (tertiary/aromatic N) is 3. The molecule has 3 fully saturated rings. The molecule has 0 radical (unpaired) electrons. The molecule has 0 spiro atoms. The van der Waals surface area contributed by atoms with Gasteiger partial charge in [-0.25, -0.2) is 19.3 Å². The fourth-order valence-electron chi connectivity index (χ4n) is 4.85. The number of carbonyl (C=O) groups excluding carboxylic acids is 2. The smallest absolute Gasteiger partial charge is 0.274 e. The number of halogens is 4. The summed E-state index contributed by atoms with van der Waals surface area (Å²) in [6.45, 7) is 1.23. The van der Waals surface area contributed by atoms with Gasteiger partial charge in [0.2, 0.25) is 5.91 Å². The molecule has 3 atom stereocenters. The molecule has 156 valence electrons. The lowest BCUT2D eigenvalue weighted by atomic mass is 9.90. The van der Waals surface area contributed by atoms with Gasteiger partial charge >= 0.3 is 6.18 Å². The lowest BCUT2D eigenvalue weighted by Gasteiger charge is -2.29. The summed E-state index contributed by atoms with van der Waals surface area (Å²) < 4.78 is 52.8. The Morgan fingerprint density at radius 3 is 2.20 bits per heavy atom. The van der Waals surface area contributed by atoms with E-state index in [0.29, 0.717) is 18.7 Å². The van der Waals surface area contributed by atoms with Gasteiger partial charge in [-0.3, -0.25) is 9.59 Å². The van der Waals surface area contributed by atoms with Crippen LogP contribution in [0.2, 0.25) is 0 Å². The van der Waals surface area contributed by atoms with Crippen molar-refractivity contribution in [3.05, 3.63) is 65.5 Å². The van der Waals surface area contributed by atoms with E-state index in [4.69, 9.17) is 0 Å². The molecule has 3 aliphatic heterocycles. The van der Waals surface area contributed by atoms with Gasteiger partial charge in [0.05, 0.1) is 23.2 Å². The molecule has 3 saturated heterocycles. The van der Waals surface area contributed by atoms with E-state index in [0.717, 1.165) is 23.5 Å². The summed E-state index contributed by atoms with van der Waals surface area (Å²) in [6, 6.07) is 8.78. The van der Waals surface area contributed by atoms with Crippen LogP contribution in [0, 0.1) is 11.7 Å². The Bertz CT molecular complexity index is 1020. The minimum atomic E-state index is -4.58. The van der Waals surface area contributed by atoms with Crippen LogP contribution in [-0.2, 0) is 15.8 Å². The third-order valence-electron chi connectivity index (χ3n) is 6.05. The molecule has 0 saturated carbocycles. The first-order valence-corrected chi connectivity index (χ1v) is 9.61. The minimum Gasteiger partial charge on any atom is -0.274 e. The third-order valence-corrected chi connectivity index (χ3v) is 6.05. The largest absolute Gasteiger partial charge is 0.416 e. The van der Waals surface area contributed by atoms with Crippen molar-refractivity contribution in [1.82, 2.24) is 10.0 Å². The first kappa shape index (κ1) is 19.2. The zero-order valence-electron chi connectivity index (χ0n) is 15.6. The molecule has 9 heteroatoms. The molecule has 5 nitrogen and oxygen atoms in total. The molecule has 3 aliphatic rings. The van der Waals surface area contributed by atoms with E-state index < -0.39 is 47.4 Å². The summed E-state index contributed by atoms with van der Waals surface area (Å²) in [6.07, 6.45) is -3.79. The maximum Gasteiger partial charge on any atom is 0.416 e. The average molecular weight is 419 g/mol. The number of anilines is 1. The highest BCUT2D eigenvalue weighted by molar-refractivity contribution is 6.24. The number of hydrogen-bond donors (Lipinski definition) is 0. The van der Waals surface area contributed by atoms with Crippen molar-refractivity contribution in [2.75, 3.05) is 18.0 Å². The predicted molar refractivity (Wildman–Crippen MR) is 98.4 cm³/mol. The van der Waals surface area contributed by atoms with Gasteiger partial charge in [-0.05, 0) is 42.3 Å². The fourth-order valence-corrected chi connectivity index (χ4v) is 4.85. The van der Waals surface area contributed by atoms with Crippen molar-refractivity contribution in [1.29, 1.82) is 0 Å². The lowest BCUT2D eigenvalue weighted by molar-refractivity contribution is -0.137. The lowest BCUT2D eigenvalue weighted by Crippen LogP contribution is -2.44. The van der Waals surface area contributed by atoms with Gasteiger partial charge in [0.25, 0.3) is 5.91 Å². The molecule has 2 aromatic carbocycles. The van der Waals surface area contributed by atoms with E-state index in [2.05, 4.69) is 0 Å². The topological polar surface area (TPSA) is 43.9 Å². The van der Waals surface area contributed by atoms with Gasteiger partial charge in [-0.1, -0.05) is 18.2 Å². The highest BCUT2D eigenvalue weighted by Crippen LogP contribution is 2.49. The zero-order chi connectivity index (χ0) is 21.2. The summed E-state index contributed by atoms with van der Waals surface area (Å²) >= 11 is 0. The average Bonchev–Trinajstić information content (AvgIpc) is 3.34. The number of carbonyl (C=O) groups is 2. The number of fused-ring (bicyclic) bond motifs is 3. The molecular weight excluding hydrogens is 402 g/mol. The molecule has 0 aliphatic carbocycles. The van der Waals surface area contributed by atoms with Crippen LogP contribution in [0.3, 0.4) is 0 Å². The second-order valence-electron chi connectivity index (χ2n) is 7.71. The maximum atomic E-state index is 13.4. The fraction of sp³-hybridized carbons (Fsp3) is 0.333. The number of rotatable bonds is 2. The zero-order valence-corrected chi connectivity index (χ0v) is 15.6. The Kier molecular flexibility index (Phi) is 4.23. The third kappa shape index (κ3) is 2.76. The first-order chi connectivity index (χ1) is 14.3. The van der Waals surface area contributed by atoms with Crippen molar-refractivity contribution < 1.29 is 27.2 Å². The van der Waals surface area contributed by atoms with E-state index in [1.807, 2.05) is 10.0 Å². The Balaban J connectivity index is 1.56. The molecule has 2 aromatic rings. The van der Waals surface area contributed by atoms with Crippen molar-refractivity contribution in [3.8, 4) is 0 Å². The van der Waals surface area contributed by atoms with Crippen molar-refractivity contribution in [3.63, 3.8) is 0 Å². The van der Waals surface area contributed by atoms with Crippen LogP contribution in [0.5, 0.6) is 0 Å². The molecule has 30 heavy (non-hydrogen) atoms. The second kappa shape index (κ2) is 6.61. The summed E-state index contributed by atoms with van der Waals surface area (Å²) in [5.74, 6) is -2.24. The second-order valence-corrected chi connectivity index (χ2v) is 7.71. The predicted octanol–water partition coefficient (Wildman–Crippen LogP) is 3.38. The number of benzene rings is 2. The van der Waals surface area contributed by atoms with Crippen LogP contribution < -0.4 is 4.90 Å². The number of hydrazine groups is 1.